The van der Waals surface area contributed by atoms with Crippen LogP contribution in [-0.4, -0.2) is 32.9 Å². The van der Waals surface area contributed by atoms with E-state index in [4.69, 9.17) is 0 Å². The summed E-state index contributed by atoms with van der Waals surface area (Å²) < 4.78 is 22.6. The van der Waals surface area contributed by atoms with Gasteiger partial charge in [0.1, 0.15) is 0 Å². The highest BCUT2D eigenvalue weighted by atomic mass is 32.2. The van der Waals surface area contributed by atoms with Crippen LogP contribution in [0.4, 0.5) is 0 Å². The van der Waals surface area contributed by atoms with Crippen LogP contribution in [0.25, 0.3) is 0 Å². The van der Waals surface area contributed by atoms with Crippen molar-refractivity contribution < 1.29 is 13.2 Å². The molecule has 1 saturated carbocycles. The molecule has 0 spiro atoms. The van der Waals surface area contributed by atoms with Gasteiger partial charge in [0.05, 0.1) is 4.90 Å². The first kappa shape index (κ1) is 15.4. The van der Waals surface area contributed by atoms with Crippen LogP contribution in [0.15, 0.2) is 29.2 Å². The standard InChI is InChI=1S/C14H19NO3S2/c1-20(17,18)13-6-2-11(3-7-13)10-19-9-8-15-14(16)12-4-5-12/h2-3,6-7,12H,4-5,8-10H2,1H3,(H,15,16). The molecule has 110 valence electrons. The Hall–Kier alpha value is -1.01. The summed E-state index contributed by atoms with van der Waals surface area (Å²) in [5, 5.41) is 2.92. The van der Waals surface area contributed by atoms with Crippen molar-refractivity contribution in [3.05, 3.63) is 29.8 Å². The van der Waals surface area contributed by atoms with E-state index < -0.39 is 9.84 Å². The predicted molar refractivity (Wildman–Crippen MR) is 81.4 cm³/mol. The fraction of sp³-hybridized carbons (Fsp3) is 0.500. The summed E-state index contributed by atoms with van der Waals surface area (Å²) in [7, 11) is -3.11. The van der Waals surface area contributed by atoms with Crippen molar-refractivity contribution in [2.45, 2.75) is 23.5 Å². The summed E-state index contributed by atoms with van der Waals surface area (Å²) >= 11 is 1.73. The SMILES string of the molecule is CS(=O)(=O)c1ccc(CSCCNC(=O)C2CC2)cc1. The van der Waals surface area contributed by atoms with E-state index in [1.165, 1.54) is 6.26 Å². The van der Waals surface area contributed by atoms with Crippen molar-refractivity contribution >= 4 is 27.5 Å². The zero-order chi connectivity index (χ0) is 14.6. The number of sulfone groups is 1. The third-order valence-electron chi connectivity index (χ3n) is 3.11. The largest absolute Gasteiger partial charge is 0.355 e. The Balaban J connectivity index is 1.67. The summed E-state index contributed by atoms with van der Waals surface area (Å²) in [6.07, 6.45) is 3.27. The van der Waals surface area contributed by atoms with Gasteiger partial charge in [0.2, 0.25) is 5.91 Å². The number of hydrogen-bond acceptors (Lipinski definition) is 4. The molecule has 0 bridgehead atoms. The molecule has 1 aromatic rings. The third kappa shape index (κ3) is 4.83. The van der Waals surface area contributed by atoms with Gasteiger partial charge in [-0.1, -0.05) is 12.1 Å². The molecular formula is C14H19NO3S2. The number of hydrogen-bond donors (Lipinski definition) is 1. The number of amides is 1. The average molecular weight is 313 g/mol. The van der Waals surface area contributed by atoms with Gasteiger partial charge in [0.15, 0.2) is 9.84 Å². The monoisotopic (exact) mass is 313 g/mol. The molecule has 1 aromatic carbocycles. The minimum Gasteiger partial charge on any atom is -0.355 e. The molecule has 1 fully saturated rings. The Bertz CT molecular complexity index is 563. The fourth-order valence-corrected chi connectivity index (χ4v) is 3.21. The van der Waals surface area contributed by atoms with Gasteiger partial charge >= 0.3 is 0 Å². The molecule has 1 amide bonds. The molecule has 4 nitrogen and oxygen atoms in total. The molecule has 1 aliphatic carbocycles. The molecule has 0 saturated heterocycles. The van der Waals surface area contributed by atoms with Crippen LogP contribution >= 0.6 is 11.8 Å². The van der Waals surface area contributed by atoms with Crippen molar-refractivity contribution in [3.63, 3.8) is 0 Å². The molecule has 2 rings (SSSR count). The maximum absolute atomic E-state index is 11.4. The summed E-state index contributed by atoms with van der Waals surface area (Å²) in [5.74, 6) is 2.14. The van der Waals surface area contributed by atoms with Gasteiger partial charge in [-0.25, -0.2) is 8.42 Å². The first-order valence-corrected chi connectivity index (χ1v) is 9.66. The second kappa shape index (κ2) is 6.63. The second-order valence-corrected chi connectivity index (χ2v) is 8.15. The Morgan fingerprint density at radius 2 is 1.95 bits per heavy atom. The molecule has 1 aliphatic rings. The second-order valence-electron chi connectivity index (χ2n) is 5.03. The van der Waals surface area contributed by atoms with E-state index in [0.717, 1.165) is 29.9 Å². The van der Waals surface area contributed by atoms with Crippen LogP contribution in [-0.2, 0) is 20.4 Å². The lowest BCUT2D eigenvalue weighted by atomic mass is 10.2. The lowest BCUT2D eigenvalue weighted by molar-refractivity contribution is -0.122. The molecule has 0 aromatic heterocycles. The minimum atomic E-state index is -3.11. The van der Waals surface area contributed by atoms with Crippen LogP contribution in [0.5, 0.6) is 0 Å². The van der Waals surface area contributed by atoms with Crippen molar-refractivity contribution in [2.75, 3.05) is 18.6 Å². The van der Waals surface area contributed by atoms with Crippen molar-refractivity contribution in [2.24, 2.45) is 5.92 Å². The van der Waals surface area contributed by atoms with E-state index in [0.29, 0.717) is 11.4 Å². The molecule has 1 N–H and O–H groups in total. The topological polar surface area (TPSA) is 63.2 Å². The number of carbonyl (C=O) groups is 1. The number of rotatable bonds is 7. The highest BCUT2D eigenvalue weighted by Gasteiger charge is 2.28. The lowest BCUT2D eigenvalue weighted by Gasteiger charge is -2.05. The highest BCUT2D eigenvalue weighted by Crippen LogP contribution is 2.28. The normalized spacial score (nSPS) is 15.1. The smallest absolute Gasteiger partial charge is 0.223 e. The van der Waals surface area contributed by atoms with Gasteiger partial charge in [-0.05, 0) is 30.5 Å². The number of nitrogens with one attached hydrogen (secondary N) is 1. The Morgan fingerprint density at radius 1 is 1.30 bits per heavy atom. The third-order valence-corrected chi connectivity index (χ3v) is 5.27. The van der Waals surface area contributed by atoms with Gasteiger partial charge in [-0.15, -0.1) is 0 Å². The molecule has 0 aliphatic heterocycles. The van der Waals surface area contributed by atoms with Gasteiger partial charge < -0.3 is 5.32 Å². The molecule has 0 heterocycles. The van der Waals surface area contributed by atoms with Crippen LogP contribution in [0.1, 0.15) is 18.4 Å². The van der Waals surface area contributed by atoms with E-state index in [2.05, 4.69) is 5.32 Å². The zero-order valence-corrected chi connectivity index (χ0v) is 13.1. The molecule has 0 atom stereocenters. The van der Waals surface area contributed by atoms with Gasteiger partial charge in [0.25, 0.3) is 0 Å². The first-order chi connectivity index (χ1) is 9.47. The molecule has 20 heavy (non-hydrogen) atoms. The molecule has 6 heteroatoms. The number of thioether (sulfide) groups is 1. The van der Waals surface area contributed by atoms with Gasteiger partial charge in [0, 0.05) is 30.2 Å². The van der Waals surface area contributed by atoms with Crippen LogP contribution in [0.3, 0.4) is 0 Å². The summed E-state index contributed by atoms with van der Waals surface area (Å²) in [6.45, 7) is 0.696. The zero-order valence-electron chi connectivity index (χ0n) is 11.5. The minimum absolute atomic E-state index is 0.183. The summed E-state index contributed by atoms with van der Waals surface area (Å²) in [4.78, 5) is 11.7. The van der Waals surface area contributed by atoms with E-state index in [1.807, 2.05) is 12.1 Å². The summed E-state index contributed by atoms with van der Waals surface area (Å²) in [5.41, 5.74) is 1.09. The van der Waals surface area contributed by atoms with Crippen molar-refractivity contribution in [1.82, 2.24) is 5.32 Å². The van der Waals surface area contributed by atoms with Crippen molar-refractivity contribution in [1.29, 1.82) is 0 Å². The van der Waals surface area contributed by atoms with E-state index in [-0.39, 0.29) is 11.8 Å². The average Bonchev–Trinajstić information content (AvgIpc) is 3.22. The van der Waals surface area contributed by atoms with Crippen LogP contribution < -0.4 is 5.32 Å². The Labute approximate surface area is 124 Å². The maximum Gasteiger partial charge on any atom is 0.223 e. The quantitative estimate of drug-likeness (QED) is 0.780. The van der Waals surface area contributed by atoms with E-state index in [9.17, 15) is 13.2 Å². The predicted octanol–water partition coefficient (Wildman–Crippen LogP) is 1.85. The first-order valence-electron chi connectivity index (χ1n) is 6.61. The Morgan fingerprint density at radius 3 is 2.50 bits per heavy atom. The highest BCUT2D eigenvalue weighted by molar-refractivity contribution is 7.98. The van der Waals surface area contributed by atoms with Crippen LogP contribution in [0.2, 0.25) is 0 Å². The van der Waals surface area contributed by atoms with Crippen molar-refractivity contribution in [3.8, 4) is 0 Å². The number of benzene rings is 1. The Kier molecular flexibility index (Phi) is 5.10. The lowest BCUT2D eigenvalue weighted by Crippen LogP contribution is -2.26. The number of carbonyl (C=O) groups excluding carboxylic acids is 1. The van der Waals surface area contributed by atoms with Gasteiger partial charge in [-0.2, -0.15) is 11.8 Å². The molecule has 0 unspecified atom stereocenters. The van der Waals surface area contributed by atoms with E-state index in [1.54, 1.807) is 23.9 Å². The fourth-order valence-electron chi connectivity index (χ4n) is 1.76. The molecule has 0 radical (unpaired) electrons. The maximum atomic E-state index is 11.4. The molecular weight excluding hydrogens is 294 g/mol. The van der Waals surface area contributed by atoms with Crippen LogP contribution in [0, 0.1) is 5.92 Å². The van der Waals surface area contributed by atoms with E-state index >= 15 is 0 Å². The van der Waals surface area contributed by atoms with Gasteiger partial charge in [-0.3, -0.25) is 4.79 Å². The summed E-state index contributed by atoms with van der Waals surface area (Å²) in [6, 6.07) is 6.96.